The number of allylic oxidation sites excluding steroid dienone is 2. The van der Waals surface area contributed by atoms with Gasteiger partial charge in [0.15, 0.2) is 0 Å². The van der Waals surface area contributed by atoms with Crippen molar-refractivity contribution in [3.63, 3.8) is 0 Å². The Kier molecular flexibility index (Phi) is 3.45. The third kappa shape index (κ3) is 2.30. The maximum Gasteiger partial charge on any atom is 0.280 e. The second kappa shape index (κ2) is 5.98. The Morgan fingerprint density at radius 1 is 1.03 bits per heavy atom. The van der Waals surface area contributed by atoms with Gasteiger partial charge in [0, 0.05) is 6.07 Å². The molecule has 0 N–H and O–H groups in total. The molecule has 1 aromatic carbocycles. The number of nitrogens with zero attached hydrogens (tertiary/aromatic N) is 3. The Bertz CT molecular complexity index is 1130. The van der Waals surface area contributed by atoms with E-state index in [1.165, 1.54) is 12.3 Å². The van der Waals surface area contributed by atoms with Gasteiger partial charge in [-0.05, 0) is 48.3 Å². The summed E-state index contributed by atoms with van der Waals surface area (Å²) in [6, 6.07) is 9.49. The molecule has 0 spiro atoms. The van der Waals surface area contributed by atoms with Gasteiger partial charge < -0.3 is 4.42 Å². The zero-order valence-electron chi connectivity index (χ0n) is 15.8. The molecule has 2 bridgehead atoms. The minimum absolute atomic E-state index is 0.0640. The number of benzene rings is 1. The van der Waals surface area contributed by atoms with Gasteiger partial charge in [0.1, 0.15) is 11.5 Å². The maximum absolute atomic E-state index is 12.9. The molecule has 6 atom stereocenters. The van der Waals surface area contributed by atoms with Gasteiger partial charge in [-0.25, -0.2) is 0 Å². The average molecular weight is 403 g/mol. The lowest BCUT2D eigenvalue weighted by atomic mass is 9.63. The number of amides is 2. The van der Waals surface area contributed by atoms with E-state index in [9.17, 15) is 19.7 Å². The predicted octanol–water partition coefficient (Wildman–Crippen LogP) is 3.24. The van der Waals surface area contributed by atoms with Crippen LogP contribution in [0, 0.1) is 45.6 Å². The summed E-state index contributed by atoms with van der Waals surface area (Å²) in [4.78, 5) is 36.6. The molecule has 8 nitrogen and oxygen atoms in total. The molecule has 30 heavy (non-hydrogen) atoms. The van der Waals surface area contributed by atoms with Crippen molar-refractivity contribution in [2.24, 2.45) is 40.6 Å². The first kappa shape index (κ1) is 17.3. The van der Waals surface area contributed by atoms with Crippen molar-refractivity contribution in [1.29, 1.82) is 0 Å². The minimum atomic E-state index is -0.470. The van der Waals surface area contributed by atoms with Gasteiger partial charge in [0.05, 0.1) is 28.5 Å². The fourth-order valence-corrected chi connectivity index (χ4v) is 5.58. The van der Waals surface area contributed by atoms with E-state index in [0.717, 1.165) is 11.4 Å². The van der Waals surface area contributed by atoms with Crippen LogP contribution >= 0.6 is 0 Å². The molecule has 2 saturated carbocycles. The van der Waals surface area contributed by atoms with Crippen molar-refractivity contribution in [2.45, 2.75) is 6.42 Å². The van der Waals surface area contributed by atoms with Crippen LogP contribution in [0.25, 0.3) is 11.3 Å². The number of rotatable bonds is 4. The SMILES string of the molecule is O=C1[C@@H]2[C@@H]3C=C[C@H]([C@@H]4C[C@H]34)[C@@H]2C(=O)N1/N=C\c1ccc(-c2ccccc2[N+](=O)[O-])o1. The van der Waals surface area contributed by atoms with E-state index in [2.05, 4.69) is 17.3 Å². The highest BCUT2D eigenvalue weighted by molar-refractivity contribution is 6.06. The molecule has 1 aliphatic heterocycles. The van der Waals surface area contributed by atoms with Crippen LogP contribution in [0.2, 0.25) is 0 Å². The number of hydrazone groups is 1. The molecule has 150 valence electrons. The molecule has 0 radical (unpaired) electrons. The lowest BCUT2D eigenvalue weighted by Gasteiger charge is -2.37. The molecule has 0 unspecified atom stereocenters. The van der Waals surface area contributed by atoms with Crippen molar-refractivity contribution < 1.29 is 18.9 Å². The van der Waals surface area contributed by atoms with E-state index in [1.54, 1.807) is 30.3 Å². The summed E-state index contributed by atoms with van der Waals surface area (Å²) in [5.41, 5.74) is 0.286. The Morgan fingerprint density at radius 2 is 1.70 bits per heavy atom. The van der Waals surface area contributed by atoms with Crippen molar-refractivity contribution in [1.82, 2.24) is 5.01 Å². The van der Waals surface area contributed by atoms with Crippen LogP contribution in [-0.4, -0.2) is 28.0 Å². The Morgan fingerprint density at radius 3 is 2.37 bits per heavy atom. The average Bonchev–Trinajstić information content (AvgIpc) is 3.39. The molecular formula is C22H17N3O5. The van der Waals surface area contributed by atoms with Gasteiger partial charge >= 0.3 is 0 Å². The fraction of sp³-hybridized carbons (Fsp3) is 0.318. The molecule has 5 aliphatic rings. The molecule has 2 amide bonds. The summed E-state index contributed by atoms with van der Waals surface area (Å²) in [6.45, 7) is 0. The second-order valence-electron chi connectivity index (χ2n) is 8.36. The van der Waals surface area contributed by atoms with E-state index in [1.807, 2.05) is 0 Å². The van der Waals surface area contributed by atoms with Crippen LogP contribution in [0.15, 0.2) is 58.1 Å². The van der Waals surface area contributed by atoms with E-state index >= 15 is 0 Å². The number of carbonyl (C=O) groups is 2. The Balaban J connectivity index is 1.26. The molecule has 1 aromatic heterocycles. The zero-order valence-corrected chi connectivity index (χ0v) is 15.8. The number of para-hydroxylation sites is 1. The third-order valence-corrected chi connectivity index (χ3v) is 6.93. The van der Waals surface area contributed by atoms with Crippen LogP contribution in [0.5, 0.6) is 0 Å². The Hall–Kier alpha value is -3.55. The highest BCUT2D eigenvalue weighted by atomic mass is 16.6. The first-order valence-electron chi connectivity index (χ1n) is 9.98. The fourth-order valence-electron chi connectivity index (χ4n) is 5.58. The maximum atomic E-state index is 12.9. The molecule has 3 fully saturated rings. The summed E-state index contributed by atoms with van der Waals surface area (Å²) < 4.78 is 5.67. The first-order valence-corrected chi connectivity index (χ1v) is 9.98. The van der Waals surface area contributed by atoms with E-state index in [0.29, 0.717) is 28.9 Å². The highest BCUT2D eigenvalue weighted by Gasteiger charge is 2.67. The summed E-state index contributed by atoms with van der Waals surface area (Å²) >= 11 is 0. The van der Waals surface area contributed by atoms with Gasteiger partial charge in [-0.3, -0.25) is 19.7 Å². The van der Waals surface area contributed by atoms with E-state index < -0.39 is 4.92 Å². The Labute approximate surface area is 171 Å². The van der Waals surface area contributed by atoms with E-state index in [4.69, 9.17) is 4.42 Å². The quantitative estimate of drug-likeness (QED) is 0.256. The summed E-state index contributed by atoms with van der Waals surface area (Å²) in [5, 5.41) is 16.4. The summed E-state index contributed by atoms with van der Waals surface area (Å²) in [6.07, 6.45) is 6.66. The molecule has 4 aliphatic carbocycles. The standard InChI is InChI=1S/C22H17N3O5/c26-21-19-12-6-7-13(16-9-15(12)16)20(19)22(27)24(21)23-10-11-5-8-18(30-11)14-3-1-2-4-17(14)25(28)29/h1-8,10,12-13,15-16,19-20H,9H2/b23-10-/t12-,13-,15-,16+,19-,20+/m1/s1. The summed E-state index contributed by atoms with van der Waals surface area (Å²) in [7, 11) is 0. The highest BCUT2D eigenvalue weighted by Crippen LogP contribution is 2.65. The molecular weight excluding hydrogens is 386 g/mol. The van der Waals surface area contributed by atoms with Gasteiger partial charge in [0.2, 0.25) is 0 Å². The van der Waals surface area contributed by atoms with E-state index in [-0.39, 0.29) is 41.2 Å². The molecule has 7 rings (SSSR count). The second-order valence-corrected chi connectivity index (χ2v) is 8.36. The number of furan rings is 1. The number of hydrogen-bond acceptors (Lipinski definition) is 6. The van der Waals surface area contributed by atoms with Crippen molar-refractivity contribution in [3.05, 3.63) is 64.4 Å². The normalized spacial score (nSPS) is 33.3. The largest absolute Gasteiger partial charge is 0.455 e. The van der Waals surface area contributed by atoms with Crippen LogP contribution in [0.1, 0.15) is 12.2 Å². The monoisotopic (exact) mass is 403 g/mol. The third-order valence-electron chi connectivity index (χ3n) is 6.93. The van der Waals surface area contributed by atoms with Crippen LogP contribution in [-0.2, 0) is 9.59 Å². The number of imide groups is 1. The van der Waals surface area contributed by atoms with Crippen LogP contribution in [0.4, 0.5) is 5.69 Å². The molecule has 2 aromatic rings. The number of nitro groups is 1. The molecule has 8 heteroatoms. The van der Waals surface area contributed by atoms with Gasteiger partial charge in [0.25, 0.3) is 17.5 Å². The number of hydrogen-bond donors (Lipinski definition) is 0. The van der Waals surface area contributed by atoms with Crippen molar-refractivity contribution in [3.8, 4) is 11.3 Å². The lowest BCUT2D eigenvalue weighted by molar-refractivity contribution is -0.384. The molecule has 2 heterocycles. The number of nitro benzene ring substituents is 1. The molecule has 1 saturated heterocycles. The smallest absolute Gasteiger partial charge is 0.280 e. The number of carbonyl (C=O) groups excluding carboxylic acids is 2. The van der Waals surface area contributed by atoms with Crippen molar-refractivity contribution >= 4 is 23.7 Å². The topological polar surface area (TPSA) is 106 Å². The van der Waals surface area contributed by atoms with Gasteiger partial charge in [-0.2, -0.15) is 10.1 Å². The minimum Gasteiger partial charge on any atom is -0.455 e. The lowest BCUT2D eigenvalue weighted by Crippen LogP contribution is -2.40. The first-order chi connectivity index (χ1) is 14.5. The predicted molar refractivity (Wildman–Crippen MR) is 105 cm³/mol. The van der Waals surface area contributed by atoms with Gasteiger partial charge in [-0.1, -0.05) is 24.3 Å². The van der Waals surface area contributed by atoms with Crippen LogP contribution < -0.4 is 0 Å². The van der Waals surface area contributed by atoms with Crippen LogP contribution in [0.3, 0.4) is 0 Å². The summed E-state index contributed by atoms with van der Waals surface area (Å²) in [5.74, 6) is 0.924. The van der Waals surface area contributed by atoms with Gasteiger partial charge in [-0.15, -0.1) is 0 Å². The van der Waals surface area contributed by atoms with Crippen molar-refractivity contribution in [2.75, 3.05) is 0 Å². The zero-order chi connectivity index (χ0) is 20.6.